The van der Waals surface area contributed by atoms with Crippen molar-refractivity contribution in [2.24, 2.45) is 5.92 Å². The Bertz CT molecular complexity index is 948. The Labute approximate surface area is 154 Å². The lowest BCUT2D eigenvalue weighted by Gasteiger charge is -2.31. The summed E-state index contributed by atoms with van der Waals surface area (Å²) in [5, 5.41) is 3.53. The van der Waals surface area contributed by atoms with Crippen LogP contribution >= 0.6 is 11.3 Å². The van der Waals surface area contributed by atoms with Crippen LogP contribution in [0.3, 0.4) is 0 Å². The van der Waals surface area contributed by atoms with Gasteiger partial charge in [0.15, 0.2) is 10.9 Å². The number of nitrogens with one attached hydrogen (secondary N) is 1. The average molecular weight is 369 g/mol. The van der Waals surface area contributed by atoms with Gasteiger partial charge in [-0.05, 0) is 43.5 Å². The van der Waals surface area contributed by atoms with E-state index in [1.165, 1.54) is 17.6 Å². The Morgan fingerprint density at radius 3 is 2.96 bits per heavy atom. The summed E-state index contributed by atoms with van der Waals surface area (Å²) in [7, 11) is 0. The standard InChI is InChI=1S/C19H19N3O3S/c1-12-5-2-8-15-16(12)20-19(26-15)21-17(23)13-6-3-9-22(11-13)18(24)14-7-4-10-25-14/h2,4-5,7-8,10,13H,3,6,9,11H2,1H3,(H,20,21,23)/t13-/m0/s1. The molecule has 3 heterocycles. The predicted octanol–water partition coefficient (Wildman–Crippen LogP) is 3.69. The number of carbonyl (C=O) groups excluding carboxylic acids is 2. The smallest absolute Gasteiger partial charge is 0.289 e. The lowest BCUT2D eigenvalue weighted by Crippen LogP contribution is -2.43. The second-order valence-electron chi connectivity index (χ2n) is 6.50. The summed E-state index contributed by atoms with van der Waals surface area (Å²) in [5.74, 6) is -0.176. The number of para-hydroxylation sites is 1. The topological polar surface area (TPSA) is 75.4 Å². The second-order valence-corrected chi connectivity index (χ2v) is 7.53. The number of thiazole rings is 1. The highest BCUT2D eigenvalue weighted by atomic mass is 32.1. The highest BCUT2D eigenvalue weighted by Gasteiger charge is 2.30. The molecule has 1 N–H and O–H groups in total. The van der Waals surface area contributed by atoms with Gasteiger partial charge in [0.25, 0.3) is 5.91 Å². The highest BCUT2D eigenvalue weighted by molar-refractivity contribution is 7.22. The molecular formula is C19H19N3O3S. The molecule has 3 aromatic rings. The van der Waals surface area contributed by atoms with E-state index in [9.17, 15) is 9.59 Å². The number of rotatable bonds is 3. The van der Waals surface area contributed by atoms with Gasteiger partial charge in [0.1, 0.15) is 0 Å². The Morgan fingerprint density at radius 1 is 1.31 bits per heavy atom. The zero-order chi connectivity index (χ0) is 18.1. The number of nitrogens with zero attached hydrogens (tertiary/aromatic N) is 2. The third-order valence-electron chi connectivity index (χ3n) is 4.66. The molecule has 0 radical (unpaired) electrons. The number of aromatic nitrogens is 1. The van der Waals surface area contributed by atoms with E-state index >= 15 is 0 Å². The molecule has 134 valence electrons. The van der Waals surface area contributed by atoms with Gasteiger partial charge in [-0.1, -0.05) is 23.5 Å². The Balaban J connectivity index is 1.45. The second kappa shape index (κ2) is 6.92. The van der Waals surface area contributed by atoms with E-state index in [0.717, 1.165) is 28.6 Å². The minimum atomic E-state index is -0.240. The fourth-order valence-corrected chi connectivity index (χ4v) is 4.23. The van der Waals surface area contributed by atoms with E-state index in [4.69, 9.17) is 4.42 Å². The molecule has 0 bridgehead atoms. The molecule has 6 nitrogen and oxygen atoms in total. The van der Waals surface area contributed by atoms with Crippen LogP contribution in [0.15, 0.2) is 41.0 Å². The minimum Gasteiger partial charge on any atom is -0.459 e. The molecule has 1 aromatic carbocycles. The number of aryl methyl sites for hydroxylation is 1. The van der Waals surface area contributed by atoms with Crippen molar-refractivity contribution < 1.29 is 14.0 Å². The number of amides is 2. The van der Waals surface area contributed by atoms with E-state index in [2.05, 4.69) is 10.3 Å². The summed E-state index contributed by atoms with van der Waals surface area (Å²) < 4.78 is 6.24. The van der Waals surface area contributed by atoms with E-state index < -0.39 is 0 Å². The van der Waals surface area contributed by atoms with Gasteiger partial charge in [-0.3, -0.25) is 9.59 Å². The highest BCUT2D eigenvalue weighted by Crippen LogP contribution is 2.29. The van der Waals surface area contributed by atoms with E-state index in [1.54, 1.807) is 17.0 Å². The summed E-state index contributed by atoms with van der Waals surface area (Å²) in [6, 6.07) is 9.33. The van der Waals surface area contributed by atoms with Crippen molar-refractivity contribution >= 4 is 38.5 Å². The zero-order valence-corrected chi connectivity index (χ0v) is 15.2. The molecule has 0 unspecified atom stereocenters. The van der Waals surface area contributed by atoms with Gasteiger partial charge >= 0.3 is 0 Å². The van der Waals surface area contributed by atoms with Gasteiger partial charge in [-0.25, -0.2) is 4.98 Å². The molecule has 4 rings (SSSR count). The molecule has 1 saturated heterocycles. The van der Waals surface area contributed by atoms with Crippen molar-refractivity contribution in [1.29, 1.82) is 0 Å². The largest absolute Gasteiger partial charge is 0.459 e. The first kappa shape index (κ1) is 16.8. The average Bonchev–Trinajstić information content (AvgIpc) is 3.31. The molecule has 1 aliphatic rings. The fourth-order valence-electron chi connectivity index (χ4n) is 3.28. The number of likely N-dealkylation sites (tertiary alicyclic amines) is 1. The number of carbonyl (C=O) groups is 2. The molecule has 2 aromatic heterocycles. The van der Waals surface area contributed by atoms with Crippen molar-refractivity contribution in [3.8, 4) is 0 Å². The lowest BCUT2D eigenvalue weighted by atomic mass is 9.97. The molecule has 26 heavy (non-hydrogen) atoms. The van der Waals surface area contributed by atoms with E-state index in [0.29, 0.717) is 24.0 Å². The first-order valence-electron chi connectivity index (χ1n) is 8.61. The van der Waals surface area contributed by atoms with Gasteiger partial charge in [0, 0.05) is 13.1 Å². The van der Waals surface area contributed by atoms with Crippen molar-refractivity contribution in [3.05, 3.63) is 47.9 Å². The van der Waals surface area contributed by atoms with Gasteiger partial charge in [0.05, 0.1) is 22.4 Å². The summed E-state index contributed by atoms with van der Waals surface area (Å²) in [4.78, 5) is 31.3. The molecule has 2 amide bonds. The normalized spacial score (nSPS) is 17.4. The number of piperidine rings is 1. The maximum absolute atomic E-state index is 12.7. The summed E-state index contributed by atoms with van der Waals surface area (Å²) in [5.41, 5.74) is 2.01. The predicted molar refractivity (Wildman–Crippen MR) is 100 cm³/mol. The monoisotopic (exact) mass is 369 g/mol. The number of benzene rings is 1. The van der Waals surface area contributed by atoms with Crippen LogP contribution in [0, 0.1) is 12.8 Å². The van der Waals surface area contributed by atoms with Crippen LogP contribution in [0.5, 0.6) is 0 Å². The Hall–Kier alpha value is -2.67. The van der Waals surface area contributed by atoms with Crippen LogP contribution in [0.4, 0.5) is 5.13 Å². The summed E-state index contributed by atoms with van der Waals surface area (Å²) in [6.45, 7) is 3.05. The molecule has 7 heteroatoms. The van der Waals surface area contributed by atoms with Gasteiger partial charge in [-0.2, -0.15) is 0 Å². The molecule has 0 saturated carbocycles. The molecule has 0 aliphatic carbocycles. The van der Waals surface area contributed by atoms with Crippen molar-refractivity contribution in [2.75, 3.05) is 18.4 Å². The number of hydrogen-bond donors (Lipinski definition) is 1. The van der Waals surface area contributed by atoms with Crippen molar-refractivity contribution in [2.45, 2.75) is 19.8 Å². The van der Waals surface area contributed by atoms with Gasteiger partial charge in [-0.15, -0.1) is 0 Å². The van der Waals surface area contributed by atoms with Crippen molar-refractivity contribution in [3.63, 3.8) is 0 Å². The van der Waals surface area contributed by atoms with E-state index in [-0.39, 0.29) is 17.7 Å². The van der Waals surface area contributed by atoms with Crippen LogP contribution in [-0.2, 0) is 4.79 Å². The quantitative estimate of drug-likeness (QED) is 0.764. The molecular weight excluding hydrogens is 350 g/mol. The lowest BCUT2D eigenvalue weighted by molar-refractivity contribution is -0.121. The van der Waals surface area contributed by atoms with Crippen LogP contribution in [0.1, 0.15) is 29.0 Å². The van der Waals surface area contributed by atoms with Crippen LogP contribution in [-0.4, -0.2) is 34.8 Å². The SMILES string of the molecule is Cc1cccc2sc(NC(=O)[C@H]3CCCN(C(=O)c4ccco4)C3)nc12. The van der Waals surface area contributed by atoms with Crippen LogP contribution in [0.25, 0.3) is 10.2 Å². The molecule has 1 aliphatic heterocycles. The maximum Gasteiger partial charge on any atom is 0.289 e. The molecule has 1 atom stereocenters. The minimum absolute atomic E-state index is 0.0846. The van der Waals surface area contributed by atoms with Gasteiger partial charge in [0.2, 0.25) is 5.91 Å². The Morgan fingerprint density at radius 2 is 2.19 bits per heavy atom. The first-order valence-corrected chi connectivity index (χ1v) is 9.43. The number of hydrogen-bond acceptors (Lipinski definition) is 5. The van der Waals surface area contributed by atoms with Gasteiger partial charge < -0.3 is 14.6 Å². The molecule has 1 fully saturated rings. The number of fused-ring (bicyclic) bond motifs is 1. The van der Waals surface area contributed by atoms with Crippen molar-refractivity contribution in [1.82, 2.24) is 9.88 Å². The van der Waals surface area contributed by atoms with E-state index in [1.807, 2.05) is 25.1 Å². The van der Waals surface area contributed by atoms with Crippen LogP contribution < -0.4 is 5.32 Å². The number of furan rings is 1. The summed E-state index contributed by atoms with van der Waals surface area (Å²) >= 11 is 1.47. The third-order valence-corrected chi connectivity index (χ3v) is 5.60. The molecule has 0 spiro atoms. The number of anilines is 1. The Kier molecular flexibility index (Phi) is 4.46. The maximum atomic E-state index is 12.7. The first-order chi connectivity index (χ1) is 12.6. The third kappa shape index (κ3) is 3.22. The fraction of sp³-hybridized carbons (Fsp3) is 0.316. The zero-order valence-electron chi connectivity index (χ0n) is 14.4. The summed E-state index contributed by atoms with van der Waals surface area (Å²) in [6.07, 6.45) is 3.04. The van der Waals surface area contributed by atoms with Crippen LogP contribution in [0.2, 0.25) is 0 Å².